The zero-order valence-corrected chi connectivity index (χ0v) is 39.2. The van der Waals surface area contributed by atoms with E-state index in [1.807, 2.05) is 21.1 Å². The summed E-state index contributed by atoms with van der Waals surface area (Å²) in [6, 6.07) is -0.616. The van der Waals surface area contributed by atoms with E-state index in [1.165, 1.54) is 122 Å². The van der Waals surface area contributed by atoms with Gasteiger partial charge in [0.05, 0.1) is 34.4 Å². The number of nitrogens with zero attached hydrogens (tertiary/aromatic N) is 1. The maximum Gasteiger partial charge on any atom is 0.362 e. The summed E-state index contributed by atoms with van der Waals surface area (Å²) >= 11 is 0. The Bertz CT molecular complexity index is 1060. The van der Waals surface area contributed by atoms with Crippen LogP contribution >= 0.6 is 0 Å². The largest absolute Gasteiger partial charge is 0.477 e. The van der Waals surface area contributed by atoms with Gasteiger partial charge in [0.15, 0.2) is 12.1 Å². The Morgan fingerprint density at radius 2 is 0.898 bits per heavy atom. The smallest absolute Gasteiger partial charge is 0.362 e. The molecule has 0 aromatic heterocycles. The van der Waals surface area contributed by atoms with Crippen molar-refractivity contribution in [2.24, 2.45) is 0 Å². The van der Waals surface area contributed by atoms with E-state index in [1.54, 1.807) is 0 Å². The van der Waals surface area contributed by atoms with Crippen LogP contribution in [0.2, 0.25) is 0 Å². The molecule has 344 valence electrons. The quantitative estimate of drug-likeness (QED) is 0.0282. The van der Waals surface area contributed by atoms with Gasteiger partial charge in [0.25, 0.3) is 0 Å². The zero-order valence-electron chi connectivity index (χ0n) is 39.2. The van der Waals surface area contributed by atoms with Gasteiger partial charge in [-0.2, -0.15) is 0 Å². The molecule has 0 spiro atoms. The van der Waals surface area contributed by atoms with Crippen molar-refractivity contribution in [2.75, 3.05) is 41.0 Å². The number of rotatable bonds is 44. The van der Waals surface area contributed by atoms with Gasteiger partial charge < -0.3 is 23.8 Å². The Hall–Kier alpha value is -2.45. The predicted octanol–water partition coefficient (Wildman–Crippen LogP) is 13.8. The van der Waals surface area contributed by atoms with Crippen LogP contribution in [0.25, 0.3) is 0 Å². The Balaban J connectivity index is 4.21. The normalized spacial score (nSPS) is 13.2. The number of carboxylic acids is 1. The van der Waals surface area contributed by atoms with E-state index in [9.17, 15) is 19.5 Å². The van der Waals surface area contributed by atoms with Crippen molar-refractivity contribution >= 4 is 17.9 Å². The molecule has 0 aromatic rings. The first-order chi connectivity index (χ1) is 28.6. The van der Waals surface area contributed by atoms with E-state index < -0.39 is 18.1 Å². The Labute approximate surface area is 364 Å². The molecule has 0 rings (SSSR count). The number of likely N-dealkylation sites (N-methyl/N-ethyl adjacent to an activating group) is 1. The summed E-state index contributed by atoms with van der Waals surface area (Å²) in [4.78, 5) is 37.0. The minimum absolute atomic E-state index is 0.0563. The number of carboxylic acid groups (broad SMARTS) is 1. The minimum atomic E-state index is -0.877. The van der Waals surface area contributed by atoms with Crippen LogP contribution in [0.15, 0.2) is 36.5 Å². The van der Waals surface area contributed by atoms with Crippen molar-refractivity contribution in [3.63, 3.8) is 0 Å². The van der Waals surface area contributed by atoms with Gasteiger partial charge in [-0.1, -0.05) is 166 Å². The number of esters is 2. The van der Waals surface area contributed by atoms with Gasteiger partial charge in [0.1, 0.15) is 6.61 Å². The van der Waals surface area contributed by atoms with Crippen LogP contribution in [0.3, 0.4) is 0 Å². The average Bonchev–Trinajstić information content (AvgIpc) is 3.19. The van der Waals surface area contributed by atoms with Gasteiger partial charge in [-0.15, -0.1) is 0 Å². The van der Waals surface area contributed by atoms with Crippen LogP contribution in [0.5, 0.6) is 0 Å². The summed E-state index contributed by atoms with van der Waals surface area (Å²) in [5.41, 5.74) is 0. The topological polar surface area (TPSA) is 99.1 Å². The molecule has 59 heavy (non-hydrogen) atoms. The van der Waals surface area contributed by atoms with Crippen LogP contribution in [0.4, 0.5) is 0 Å². The second-order valence-corrected chi connectivity index (χ2v) is 17.7. The second kappa shape index (κ2) is 42.2. The van der Waals surface area contributed by atoms with Crippen molar-refractivity contribution in [3.8, 4) is 0 Å². The minimum Gasteiger partial charge on any atom is -0.477 e. The number of carbonyl (C=O) groups is 3. The van der Waals surface area contributed by atoms with Gasteiger partial charge >= 0.3 is 17.9 Å². The molecule has 0 radical (unpaired) electrons. The Morgan fingerprint density at radius 1 is 0.508 bits per heavy atom. The number of quaternary nitrogens is 1. The predicted molar refractivity (Wildman–Crippen MR) is 248 cm³/mol. The highest BCUT2D eigenvalue weighted by atomic mass is 16.6. The molecule has 0 aliphatic carbocycles. The molecule has 0 heterocycles. The molecule has 0 aliphatic heterocycles. The van der Waals surface area contributed by atoms with Crippen LogP contribution in [-0.2, 0) is 28.6 Å². The molecule has 8 nitrogen and oxygen atoms in total. The highest BCUT2D eigenvalue weighted by Crippen LogP contribution is 2.14. The van der Waals surface area contributed by atoms with E-state index >= 15 is 0 Å². The summed E-state index contributed by atoms with van der Waals surface area (Å²) < 4.78 is 17.3. The highest BCUT2D eigenvalue weighted by molar-refractivity contribution is 5.72. The third-order valence-electron chi connectivity index (χ3n) is 11.0. The number of ether oxygens (including phenoxy) is 3. The van der Waals surface area contributed by atoms with Crippen LogP contribution < -0.4 is 0 Å². The van der Waals surface area contributed by atoms with Crippen LogP contribution in [-0.4, -0.2) is 80.6 Å². The molecule has 0 aromatic carbocycles. The Kier molecular flexibility index (Phi) is 40.5. The monoisotopic (exact) mass is 833 g/mol. The van der Waals surface area contributed by atoms with E-state index in [2.05, 4.69) is 50.3 Å². The van der Waals surface area contributed by atoms with Crippen molar-refractivity contribution < 1.29 is 38.2 Å². The zero-order chi connectivity index (χ0) is 43.5. The molecular weight excluding hydrogens is 739 g/mol. The number of aliphatic carboxylic acids is 1. The third kappa shape index (κ3) is 40.7. The lowest BCUT2D eigenvalue weighted by Gasteiger charge is -2.31. The number of hydrogen-bond donors (Lipinski definition) is 1. The molecule has 0 fully saturated rings. The van der Waals surface area contributed by atoms with E-state index in [-0.39, 0.29) is 36.2 Å². The lowest BCUT2D eigenvalue weighted by Crippen LogP contribution is -2.50. The van der Waals surface area contributed by atoms with Crippen LogP contribution in [0.1, 0.15) is 219 Å². The lowest BCUT2D eigenvalue weighted by atomic mass is 10.1. The number of unbranched alkanes of at least 4 members (excludes halogenated alkanes) is 24. The summed E-state index contributed by atoms with van der Waals surface area (Å²) in [5.74, 6) is -1.48. The molecule has 0 amide bonds. The summed E-state index contributed by atoms with van der Waals surface area (Å²) in [6.07, 6.45) is 49.1. The van der Waals surface area contributed by atoms with Crippen molar-refractivity contribution in [2.45, 2.75) is 231 Å². The highest BCUT2D eigenvalue weighted by Gasteiger charge is 2.31. The van der Waals surface area contributed by atoms with Crippen molar-refractivity contribution in [1.82, 2.24) is 0 Å². The number of carbonyl (C=O) groups excluding carboxylic acids is 2. The molecule has 8 heteroatoms. The maximum atomic E-state index is 12.7. The fraction of sp³-hybridized carbons (Fsp3) is 0.824. The van der Waals surface area contributed by atoms with E-state index in [0.717, 1.165) is 64.2 Å². The lowest BCUT2D eigenvalue weighted by molar-refractivity contribution is -0.887. The first kappa shape index (κ1) is 56.5. The fourth-order valence-corrected chi connectivity index (χ4v) is 7.18. The first-order valence-corrected chi connectivity index (χ1v) is 24.5. The molecule has 0 bridgehead atoms. The van der Waals surface area contributed by atoms with Gasteiger partial charge in [-0.05, 0) is 70.6 Å². The van der Waals surface area contributed by atoms with Gasteiger partial charge in [-0.25, -0.2) is 4.79 Å². The molecule has 2 atom stereocenters. The van der Waals surface area contributed by atoms with Crippen molar-refractivity contribution in [3.05, 3.63) is 36.5 Å². The molecule has 0 saturated heterocycles. The maximum absolute atomic E-state index is 12.7. The molecule has 0 saturated carbocycles. The van der Waals surface area contributed by atoms with E-state index in [0.29, 0.717) is 19.3 Å². The number of allylic oxidation sites excluding steroid dienone is 6. The van der Waals surface area contributed by atoms with Gasteiger partial charge in [0, 0.05) is 19.3 Å². The fourth-order valence-electron chi connectivity index (χ4n) is 7.18. The van der Waals surface area contributed by atoms with Crippen molar-refractivity contribution in [1.29, 1.82) is 0 Å². The second-order valence-electron chi connectivity index (χ2n) is 17.7. The van der Waals surface area contributed by atoms with Gasteiger partial charge in [0.2, 0.25) is 0 Å². The van der Waals surface area contributed by atoms with Crippen LogP contribution in [0, 0.1) is 0 Å². The SMILES string of the molecule is CCCCC/C=C/CCCCCCCC(=O)OC(COCCC(C(=O)O)[N+](C)(C)C)COC(=O)CCCCCCCCC/C=C/C/C=C/CCCCCCCCCCC. The van der Waals surface area contributed by atoms with Gasteiger partial charge in [-0.3, -0.25) is 9.59 Å². The third-order valence-corrected chi connectivity index (χ3v) is 11.0. The van der Waals surface area contributed by atoms with E-state index in [4.69, 9.17) is 14.2 Å². The summed E-state index contributed by atoms with van der Waals surface area (Å²) in [6.45, 7) is 4.71. The molecule has 1 N–H and O–H groups in total. The number of hydrogen-bond acceptors (Lipinski definition) is 6. The molecule has 0 aliphatic rings. The standard InChI is InChI=1S/C51H93NO7/c1-6-8-10-12-14-16-18-20-21-22-23-24-25-26-27-28-29-30-32-33-35-37-39-41-49(53)58-46-47(45-57-44-43-48(51(55)56)52(3,4)5)59-50(54)42-40-38-36-34-31-19-17-15-13-11-9-7-2/h15,17,23-24,26-27,47-48H,6-14,16,18-22,25,28-46H2,1-5H3/p+1/b17-15+,24-23+,27-26+. The molecule has 2 unspecified atom stereocenters. The average molecular weight is 833 g/mol. The Morgan fingerprint density at radius 3 is 1.36 bits per heavy atom. The first-order valence-electron chi connectivity index (χ1n) is 24.5. The molecular formula is C51H94NO7+. The summed E-state index contributed by atoms with van der Waals surface area (Å²) in [5, 5.41) is 9.63. The summed E-state index contributed by atoms with van der Waals surface area (Å²) in [7, 11) is 5.53.